The first-order chi connectivity index (χ1) is 10.5. The summed E-state index contributed by atoms with van der Waals surface area (Å²) in [4.78, 5) is 11.0. The second-order valence-corrected chi connectivity index (χ2v) is 5.74. The number of hydrogen-bond donors (Lipinski definition) is 2. The summed E-state index contributed by atoms with van der Waals surface area (Å²) < 4.78 is 6.39. The third-order valence-electron chi connectivity index (χ3n) is 3.26. The fourth-order valence-electron chi connectivity index (χ4n) is 2.07. The van der Waals surface area contributed by atoms with Crippen molar-refractivity contribution in [3.05, 3.63) is 57.6 Å². The van der Waals surface area contributed by atoms with Crippen LogP contribution in [0.2, 0.25) is 0 Å². The largest absolute Gasteiger partial charge is 0.493 e. The smallest absolute Gasteiger partial charge is 0.335 e. The van der Waals surface area contributed by atoms with Gasteiger partial charge in [0.15, 0.2) is 0 Å². The van der Waals surface area contributed by atoms with E-state index in [1.807, 2.05) is 32.0 Å². The van der Waals surface area contributed by atoms with Gasteiger partial charge in [-0.25, -0.2) is 4.79 Å². The Kier molecular flexibility index (Phi) is 5.44. The molecule has 0 atom stereocenters. The number of benzene rings is 2. The summed E-state index contributed by atoms with van der Waals surface area (Å²) in [6.07, 6.45) is 0. The number of nitrogens with one attached hydrogen (secondary N) is 1. The maximum Gasteiger partial charge on any atom is 0.335 e. The molecule has 0 spiro atoms. The summed E-state index contributed by atoms with van der Waals surface area (Å²) in [6.45, 7) is 5.12. The number of aromatic carboxylic acids is 1. The summed E-state index contributed by atoms with van der Waals surface area (Å²) >= 11 is 3.49. The molecular weight excluding hydrogens is 346 g/mol. The van der Waals surface area contributed by atoms with Crippen LogP contribution in [0.1, 0.15) is 28.4 Å². The second kappa shape index (κ2) is 7.31. The Morgan fingerprint density at radius 3 is 2.68 bits per heavy atom. The Morgan fingerprint density at radius 2 is 2.05 bits per heavy atom. The monoisotopic (exact) mass is 363 g/mol. The molecule has 2 aromatic carbocycles. The number of carboxylic acids is 1. The molecule has 0 unspecified atom stereocenters. The van der Waals surface area contributed by atoms with Gasteiger partial charge in [0.1, 0.15) is 5.75 Å². The highest BCUT2D eigenvalue weighted by molar-refractivity contribution is 9.10. The lowest BCUT2D eigenvalue weighted by Crippen LogP contribution is -2.04. The van der Waals surface area contributed by atoms with Crippen molar-refractivity contribution in [3.8, 4) is 5.75 Å². The van der Waals surface area contributed by atoms with E-state index in [9.17, 15) is 4.79 Å². The molecule has 2 rings (SSSR count). The lowest BCUT2D eigenvalue weighted by molar-refractivity contribution is 0.0697. The topological polar surface area (TPSA) is 58.6 Å². The van der Waals surface area contributed by atoms with Crippen molar-refractivity contribution >= 4 is 27.6 Å². The first-order valence-electron chi connectivity index (χ1n) is 7.00. The number of carboxylic acid groups (broad SMARTS) is 1. The Labute approximate surface area is 138 Å². The van der Waals surface area contributed by atoms with E-state index in [0.29, 0.717) is 13.2 Å². The molecule has 2 N–H and O–H groups in total. The molecule has 0 aromatic heterocycles. The van der Waals surface area contributed by atoms with Crippen molar-refractivity contribution in [1.29, 1.82) is 0 Å². The quantitative estimate of drug-likeness (QED) is 0.794. The molecule has 2 aromatic rings. The van der Waals surface area contributed by atoms with Gasteiger partial charge in [0.25, 0.3) is 0 Å². The Bertz CT molecular complexity index is 686. The standard InChI is InChI=1S/C17H18BrNO3/c1-3-22-16-7-5-12(8-14(16)18)10-19-15-9-13(17(20)21)6-4-11(15)2/h4-9,19H,3,10H2,1-2H3,(H,20,21). The highest BCUT2D eigenvalue weighted by Crippen LogP contribution is 2.26. The van der Waals surface area contributed by atoms with Crippen LogP contribution in [-0.4, -0.2) is 17.7 Å². The highest BCUT2D eigenvalue weighted by Gasteiger charge is 2.07. The maximum absolute atomic E-state index is 11.0. The van der Waals surface area contributed by atoms with Crippen molar-refractivity contribution in [3.63, 3.8) is 0 Å². The van der Waals surface area contributed by atoms with Gasteiger partial charge in [0.2, 0.25) is 0 Å². The van der Waals surface area contributed by atoms with E-state index in [2.05, 4.69) is 21.2 Å². The number of ether oxygens (including phenoxy) is 1. The number of halogens is 1. The summed E-state index contributed by atoms with van der Waals surface area (Å²) in [5, 5.41) is 12.3. The number of aryl methyl sites for hydroxylation is 1. The van der Waals surface area contributed by atoms with Gasteiger partial charge in [-0.2, -0.15) is 0 Å². The average Bonchev–Trinajstić information content (AvgIpc) is 2.49. The number of carbonyl (C=O) groups is 1. The molecule has 0 fully saturated rings. The van der Waals surface area contributed by atoms with Gasteiger partial charge >= 0.3 is 5.97 Å². The molecule has 0 aliphatic heterocycles. The predicted molar refractivity (Wildman–Crippen MR) is 90.8 cm³/mol. The fourth-order valence-corrected chi connectivity index (χ4v) is 2.61. The second-order valence-electron chi connectivity index (χ2n) is 4.89. The van der Waals surface area contributed by atoms with Crippen LogP contribution in [0.15, 0.2) is 40.9 Å². The van der Waals surface area contributed by atoms with Crippen LogP contribution in [0, 0.1) is 6.92 Å². The number of anilines is 1. The highest BCUT2D eigenvalue weighted by atomic mass is 79.9. The van der Waals surface area contributed by atoms with Crippen molar-refractivity contribution in [2.45, 2.75) is 20.4 Å². The lowest BCUT2D eigenvalue weighted by Gasteiger charge is -2.12. The van der Waals surface area contributed by atoms with Crippen LogP contribution in [0.5, 0.6) is 5.75 Å². The van der Waals surface area contributed by atoms with E-state index in [4.69, 9.17) is 9.84 Å². The molecular formula is C17H18BrNO3. The molecule has 116 valence electrons. The fraction of sp³-hybridized carbons (Fsp3) is 0.235. The molecule has 0 heterocycles. The van der Waals surface area contributed by atoms with Gasteiger partial charge in [-0.3, -0.25) is 0 Å². The van der Waals surface area contributed by atoms with Crippen molar-refractivity contribution < 1.29 is 14.6 Å². The zero-order chi connectivity index (χ0) is 16.1. The Hall–Kier alpha value is -2.01. The van der Waals surface area contributed by atoms with Crippen LogP contribution >= 0.6 is 15.9 Å². The van der Waals surface area contributed by atoms with Gasteiger partial charge in [-0.05, 0) is 65.2 Å². The molecule has 0 amide bonds. The van der Waals surface area contributed by atoms with Crippen LogP contribution in [0.25, 0.3) is 0 Å². The maximum atomic E-state index is 11.0. The third kappa shape index (κ3) is 4.01. The molecule has 4 nitrogen and oxygen atoms in total. The minimum atomic E-state index is -0.924. The molecule has 0 radical (unpaired) electrons. The number of rotatable bonds is 6. The van der Waals surface area contributed by atoms with E-state index >= 15 is 0 Å². The van der Waals surface area contributed by atoms with E-state index in [0.717, 1.165) is 27.0 Å². The molecule has 5 heteroatoms. The van der Waals surface area contributed by atoms with E-state index in [1.165, 1.54) is 0 Å². The molecule has 0 aliphatic rings. The van der Waals surface area contributed by atoms with Gasteiger partial charge in [-0.15, -0.1) is 0 Å². The summed E-state index contributed by atoms with van der Waals surface area (Å²) in [5.74, 6) is -0.109. The molecule has 0 saturated carbocycles. The van der Waals surface area contributed by atoms with Gasteiger partial charge < -0.3 is 15.2 Å². The molecule has 0 aliphatic carbocycles. The zero-order valence-electron chi connectivity index (χ0n) is 12.5. The lowest BCUT2D eigenvalue weighted by atomic mass is 10.1. The normalized spacial score (nSPS) is 10.3. The van der Waals surface area contributed by atoms with Crippen LogP contribution in [-0.2, 0) is 6.54 Å². The molecule has 22 heavy (non-hydrogen) atoms. The van der Waals surface area contributed by atoms with Crippen molar-refractivity contribution in [2.24, 2.45) is 0 Å². The van der Waals surface area contributed by atoms with Crippen LogP contribution in [0.3, 0.4) is 0 Å². The van der Waals surface area contributed by atoms with Gasteiger partial charge in [-0.1, -0.05) is 12.1 Å². The molecule has 0 bridgehead atoms. The van der Waals surface area contributed by atoms with E-state index in [1.54, 1.807) is 18.2 Å². The SMILES string of the molecule is CCOc1ccc(CNc2cc(C(=O)O)ccc2C)cc1Br. The number of hydrogen-bond acceptors (Lipinski definition) is 3. The summed E-state index contributed by atoms with van der Waals surface area (Å²) in [6, 6.07) is 11.0. The molecule has 0 saturated heterocycles. The van der Waals surface area contributed by atoms with Gasteiger partial charge in [0.05, 0.1) is 16.6 Å². The predicted octanol–water partition coefficient (Wildman–Crippen LogP) is 4.47. The van der Waals surface area contributed by atoms with Crippen molar-refractivity contribution in [1.82, 2.24) is 0 Å². The Balaban J connectivity index is 2.11. The Morgan fingerprint density at radius 1 is 1.27 bits per heavy atom. The van der Waals surface area contributed by atoms with Crippen molar-refractivity contribution in [2.75, 3.05) is 11.9 Å². The summed E-state index contributed by atoms with van der Waals surface area (Å²) in [7, 11) is 0. The average molecular weight is 364 g/mol. The van der Waals surface area contributed by atoms with E-state index < -0.39 is 5.97 Å². The first-order valence-corrected chi connectivity index (χ1v) is 7.79. The van der Waals surface area contributed by atoms with E-state index in [-0.39, 0.29) is 5.56 Å². The minimum Gasteiger partial charge on any atom is -0.493 e. The zero-order valence-corrected chi connectivity index (χ0v) is 14.1. The first kappa shape index (κ1) is 16.4. The van der Waals surface area contributed by atoms with Crippen LogP contribution < -0.4 is 10.1 Å². The van der Waals surface area contributed by atoms with Gasteiger partial charge in [0, 0.05) is 12.2 Å². The van der Waals surface area contributed by atoms with Crippen LogP contribution in [0.4, 0.5) is 5.69 Å². The third-order valence-corrected chi connectivity index (χ3v) is 3.88. The summed E-state index contributed by atoms with van der Waals surface area (Å²) in [5.41, 5.74) is 3.19. The minimum absolute atomic E-state index is 0.279.